The lowest BCUT2D eigenvalue weighted by atomic mass is 10.0. The second-order valence-electron chi connectivity index (χ2n) is 4.32. The fourth-order valence-electron chi connectivity index (χ4n) is 2.29. The molecule has 1 atom stereocenters. The molecule has 0 aromatic carbocycles. The van der Waals surface area contributed by atoms with Crippen molar-refractivity contribution < 1.29 is 0 Å². The quantitative estimate of drug-likeness (QED) is 0.878. The second kappa shape index (κ2) is 5.62. The molecule has 1 aromatic rings. The van der Waals surface area contributed by atoms with Crippen LogP contribution < -0.4 is 5.73 Å². The molecule has 1 fully saturated rings. The second-order valence-corrected chi connectivity index (χ2v) is 4.73. The largest absolute Gasteiger partial charge is 0.329 e. The van der Waals surface area contributed by atoms with Crippen molar-refractivity contribution in [1.29, 1.82) is 0 Å². The molecule has 0 bridgehead atoms. The third-order valence-corrected chi connectivity index (χ3v) is 3.59. The molecule has 1 saturated heterocycles. The van der Waals surface area contributed by atoms with Crippen molar-refractivity contribution >= 4 is 11.6 Å². The molecule has 1 unspecified atom stereocenters. The molecule has 16 heavy (non-hydrogen) atoms. The zero-order chi connectivity index (χ0) is 11.4. The van der Waals surface area contributed by atoms with Crippen LogP contribution >= 0.6 is 11.6 Å². The van der Waals surface area contributed by atoms with Crippen molar-refractivity contribution in [3.63, 3.8) is 0 Å². The van der Waals surface area contributed by atoms with Gasteiger partial charge in [0, 0.05) is 31.5 Å². The van der Waals surface area contributed by atoms with Gasteiger partial charge >= 0.3 is 0 Å². The van der Waals surface area contributed by atoms with Gasteiger partial charge < -0.3 is 5.73 Å². The molecule has 4 heteroatoms. The lowest BCUT2D eigenvalue weighted by Crippen LogP contribution is -2.43. The molecule has 88 valence electrons. The van der Waals surface area contributed by atoms with E-state index in [0.29, 0.717) is 6.04 Å². The highest BCUT2D eigenvalue weighted by Crippen LogP contribution is 2.22. The maximum absolute atomic E-state index is 6.11. The van der Waals surface area contributed by atoms with Crippen molar-refractivity contribution in [2.24, 2.45) is 5.73 Å². The standard InChI is InChI=1S/C12H18ClN3/c13-12-8-15-5-4-10(12)9-16-6-2-1-3-11(16)7-14/h4-5,8,11H,1-3,6-7,9,14H2. The van der Waals surface area contributed by atoms with Crippen molar-refractivity contribution in [2.75, 3.05) is 13.1 Å². The Labute approximate surface area is 102 Å². The number of nitrogens with zero attached hydrogens (tertiary/aromatic N) is 2. The molecule has 1 aliphatic rings. The van der Waals surface area contributed by atoms with Crippen LogP contribution in [0, 0.1) is 0 Å². The number of pyridine rings is 1. The summed E-state index contributed by atoms with van der Waals surface area (Å²) in [5, 5.41) is 0.754. The summed E-state index contributed by atoms with van der Waals surface area (Å²) in [7, 11) is 0. The molecular formula is C12H18ClN3. The fraction of sp³-hybridized carbons (Fsp3) is 0.583. The van der Waals surface area contributed by atoms with E-state index in [4.69, 9.17) is 17.3 Å². The van der Waals surface area contributed by atoms with Gasteiger partial charge in [-0.1, -0.05) is 18.0 Å². The first-order valence-corrected chi connectivity index (χ1v) is 6.21. The normalized spacial score (nSPS) is 22.2. The van der Waals surface area contributed by atoms with Gasteiger partial charge in [0.1, 0.15) is 0 Å². The van der Waals surface area contributed by atoms with Gasteiger partial charge in [-0.05, 0) is 31.0 Å². The summed E-state index contributed by atoms with van der Waals surface area (Å²) in [5.41, 5.74) is 6.95. The minimum absolute atomic E-state index is 0.512. The van der Waals surface area contributed by atoms with Gasteiger partial charge in [-0.3, -0.25) is 9.88 Å². The average molecular weight is 240 g/mol. The number of aromatic nitrogens is 1. The third-order valence-electron chi connectivity index (χ3n) is 3.25. The fourth-order valence-corrected chi connectivity index (χ4v) is 2.47. The maximum Gasteiger partial charge on any atom is 0.0634 e. The molecule has 3 nitrogen and oxygen atoms in total. The van der Waals surface area contributed by atoms with Gasteiger partial charge in [0.05, 0.1) is 5.02 Å². The smallest absolute Gasteiger partial charge is 0.0634 e. The molecule has 1 aromatic heterocycles. The zero-order valence-electron chi connectivity index (χ0n) is 9.40. The Kier molecular flexibility index (Phi) is 4.16. The predicted molar refractivity (Wildman–Crippen MR) is 66.4 cm³/mol. The Morgan fingerprint density at radius 2 is 2.38 bits per heavy atom. The first-order valence-electron chi connectivity index (χ1n) is 5.84. The molecule has 0 aliphatic carbocycles. The summed E-state index contributed by atoms with van der Waals surface area (Å²) >= 11 is 6.11. The molecular weight excluding hydrogens is 222 g/mol. The maximum atomic E-state index is 6.11. The average Bonchev–Trinajstić information content (AvgIpc) is 2.33. The molecule has 2 heterocycles. The number of likely N-dealkylation sites (tertiary alicyclic amines) is 1. The van der Waals surface area contributed by atoms with Gasteiger partial charge in [0.25, 0.3) is 0 Å². The van der Waals surface area contributed by atoms with Crippen molar-refractivity contribution in [3.05, 3.63) is 29.0 Å². The first-order chi connectivity index (χ1) is 7.81. The van der Waals surface area contributed by atoms with Crippen molar-refractivity contribution in [2.45, 2.75) is 31.8 Å². The summed E-state index contributed by atoms with van der Waals surface area (Å²) in [6.45, 7) is 2.76. The van der Waals surface area contributed by atoms with Crippen LogP contribution in [-0.2, 0) is 6.54 Å². The number of halogens is 1. The Balaban J connectivity index is 2.05. The van der Waals surface area contributed by atoms with E-state index >= 15 is 0 Å². The molecule has 0 spiro atoms. The molecule has 1 aliphatic heterocycles. The van der Waals surface area contributed by atoms with E-state index < -0.39 is 0 Å². The van der Waals surface area contributed by atoms with Gasteiger partial charge in [-0.15, -0.1) is 0 Å². The van der Waals surface area contributed by atoms with E-state index in [2.05, 4.69) is 9.88 Å². The summed E-state index contributed by atoms with van der Waals surface area (Å²) in [5.74, 6) is 0. The summed E-state index contributed by atoms with van der Waals surface area (Å²) in [6.07, 6.45) is 7.27. The lowest BCUT2D eigenvalue weighted by Gasteiger charge is -2.35. The van der Waals surface area contributed by atoms with Crippen LogP contribution in [0.15, 0.2) is 18.5 Å². The Morgan fingerprint density at radius 3 is 3.12 bits per heavy atom. The highest BCUT2D eigenvalue weighted by molar-refractivity contribution is 6.31. The lowest BCUT2D eigenvalue weighted by molar-refractivity contribution is 0.145. The van der Waals surface area contributed by atoms with Crippen LogP contribution in [0.25, 0.3) is 0 Å². The number of piperidine rings is 1. The van der Waals surface area contributed by atoms with Crippen LogP contribution in [0.4, 0.5) is 0 Å². The van der Waals surface area contributed by atoms with Crippen molar-refractivity contribution in [3.8, 4) is 0 Å². The van der Waals surface area contributed by atoms with E-state index in [-0.39, 0.29) is 0 Å². The van der Waals surface area contributed by atoms with E-state index in [9.17, 15) is 0 Å². The van der Waals surface area contributed by atoms with Crippen LogP contribution in [0.1, 0.15) is 24.8 Å². The zero-order valence-corrected chi connectivity index (χ0v) is 10.2. The van der Waals surface area contributed by atoms with Gasteiger partial charge in [-0.2, -0.15) is 0 Å². The minimum atomic E-state index is 0.512. The highest BCUT2D eigenvalue weighted by Gasteiger charge is 2.21. The Morgan fingerprint density at radius 1 is 1.50 bits per heavy atom. The molecule has 0 saturated carbocycles. The monoisotopic (exact) mass is 239 g/mol. The Hall–Kier alpha value is -0.640. The van der Waals surface area contributed by atoms with E-state index in [1.807, 2.05) is 6.07 Å². The van der Waals surface area contributed by atoms with Crippen LogP contribution in [0.5, 0.6) is 0 Å². The van der Waals surface area contributed by atoms with Crippen LogP contribution in [0.3, 0.4) is 0 Å². The number of rotatable bonds is 3. The van der Waals surface area contributed by atoms with Crippen LogP contribution in [0.2, 0.25) is 5.02 Å². The summed E-state index contributed by atoms with van der Waals surface area (Å²) in [6, 6.07) is 2.50. The van der Waals surface area contributed by atoms with Gasteiger partial charge in [0.15, 0.2) is 0 Å². The van der Waals surface area contributed by atoms with E-state index in [1.165, 1.54) is 19.3 Å². The van der Waals surface area contributed by atoms with E-state index in [0.717, 1.165) is 30.2 Å². The first kappa shape index (κ1) is 11.8. The van der Waals surface area contributed by atoms with Gasteiger partial charge in [-0.25, -0.2) is 0 Å². The number of hydrogen-bond acceptors (Lipinski definition) is 3. The molecule has 0 radical (unpaired) electrons. The summed E-state index contributed by atoms with van der Waals surface area (Å²) < 4.78 is 0. The molecule has 0 amide bonds. The highest BCUT2D eigenvalue weighted by atomic mass is 35.5. The molecule has 2 N–H and O–H groups in total. The number of hydrogen-bond donors (Lipinski definition) is 1. The molecule has 2 rings (SSSR count). The van der Waals surface area contributed by atoms with Crippen molar-refractivity contribution in [1.82, 2.24) is 9.88 Å². The number of nitrogens with two attached hydrogens (primary N) is 1. The minimum Gasteiger partial charge on any atom is -0.329 e. The van der Waals surface area contributed by atoms with Gasteiger partial charge in [0.2, 0.25) is 0 Å². The topological polar surface area (TPSA) is 42.1 Å². The van der Waals surface area contributed by atoms with Crippen LogP contribution in [-0.4, -0.2) is 29.0 Å². The SMILES string of the molecule is NCC1CCCCN1Cc1ccncc1Cl. The summed E-state index contributed by atoms with van der Waals surface area (Å²) in [4.78, 5) is 6.44. The Bertz CT molecular complexity index is 343. The predicted octanol–water partition coefficient (Wildman–Crippen LogP) is 2.05. The third kappa shape index (κ3) is 2.73. The van der Waals surface area contributed by atoms with E-state index in [1.54, 1.807) is 12.4 Å².